The zero-order chi connectivity index (χ0) is 8.97. The first kappa shape index (κ1) is 9.71. The van der Waals surface area contributed by atoms with Crippen LogP contribution in [0.3, 0.4) is 0 Å². The molecule has 0 aliphatic carbocycles. The summed E-state index contributed by atoms with van der Waals surface area (Å²) in [6.45, 7) is 6.43. The molecule has 0 aromatic heterocycles. The summed E-state index contributed by atoms with van der Waals surface area (Å²) in [6.07, 6.45) is 0. The van der Waals surface area contributed by atoms with Gasteiger partial charge in [-0.3, -0.25) is 0 Å². The Morgan fingerprint density at radius 1 is 1.67 bits per heavy atom. The average Bonchev–Trinajstić information content (AvgIpc) is 2.36. The zero-order valence-corrected chi connectivity index (χ0v) is 8.82. The molecule has 0 spiro atoms. The van der Waals surface area contributed by atoms with Crippen molar-refractivity contribution in [1.29, 1.82) is 0 Å². The van der Waals surface area contributed by atoms with Crippen molar-refractivity contribution in [2.24, 2.45) is 11.0 Å². The maximum absolute atomic E-state index is 4.30. The van der Waals surface area contributed by atoms with E-state index in [0.29, 0.717) is 5.92 Å². The van der Waals surface area contributed by atoms with Gasteiger partial charge in [0.15, 0.2) is 5.17 Å². The van der Waals surface area contributed by atoms with Crippen molar-refractivity contribution in [3.05, 3.63) is 0 Å². The van der Waals surface area contributed by atoms with Gasteiger partial charge in [0.05, 0.1) is 0 Å². The molecule has 0 aromatic carbocycles. The Morgan fingerprint density at radius 3 is 2.92 bits per heavy atom. The van der Waals surface area contributed by atoms with E-state index < -0.39 is 0 Å². The Morgan fingerprint density at radius 2 is 2.42 bits per heavy atom. The third kappa shape index (κ3) is 2.93. The van der Waals surface area contributed by atoms with Crippen LogP contribution >= 0.6 is 11.8 Å². The maximum atomic E-state index is 4.30. The molecule has 0 radical (unpaired) electrons. The van der Waals surface area contributed by atoms with Crippen LogP contribution < -0.4 is 5.43 Å². The molecular formula is C8H17N3S. The summed E-state index contributed by atoms with van der Waals surface area (Å²) in [5, 5.41) is 5.42. The van der Waals surface area contributed by atoms with E-state index >= 15 is 0 Å². The number of nitrogens with zero attached hydrogens (tertiary/aromatic N) is 2. The van der Waals surface area contributed by atoms with Crippen LogP contribution in [0, 0.1) is 5.92 Å². The summed E-state index contributed by atoms with van der Waals surface area (Å²) in [4.78, 5) is 2.18. The number of hydrogen-bond acceptors (Lipinski definition) is 3. The highest BCUT2D eigenvalue weighted by molar-refractivity contribution is 8.14. The van der Waals surface area contributed by atoms with Crippen LogP contribution in [0.2, 0.25) is 0 Å². The molecule has 0 atom stereocenters. The van der Waals surface area contributed by atoms with Crippen molar-refractivity contribution >= 4 is 16.9 Å². The lowest BCUT2D eigenvalue weighted by molar-refractivity contribution is 0.535. The van der Waals surface area contributed by atoms with Crippen molar-refractivity contribution in [2.45, 2.75) is 13.8 Å². The lowest BCUT2D eigenvalue weighted by Gasteiger charge is -2.10. The van der Waals surface area contributed by atoms with Crippen molar-refractivity contribution < 1.29 is 0 Å². The predicted octanol–water partition coefficient (Wildman–Crippen LogP) is 1.18. The zero-order valence-electron chi connectivity index (χ0n) is 8.00. The third-order valence-electron chi connectivity index (χ3n) is 1.66. The normalized spacial score (nSPS) is 21.0. The van der Waals surface area contributed by atoms with E-state index in [2.05, 4.69) is 36.3 Å². The Bertz CT molecular complexity index is 168. The smallest absolute Gasteiger partial charge is 0.182 e. The number of rotatable bonds is 3. The van der Waals surface area contributed by atoms with E-state index in [1.54, 1.807) is 0 Å². The minimum atomic E-state index is 0.658. The van der Waals surface area contributed by atoms with Gasteiger partial charge < -0.3 is 10.3 Å². The Kier molecular flexibility index (Phi) is 3.72. The molecule has 12 heavy (non-hydrogen) atoms. The lowest BCUT2D eigenvalue weighted by atomic mass is 10.2. The molecule has 1 heterocycles. The second-order valence-corrected chi connectivity index (χ2v) is 4.48. The minimum Gasteiger partial charge on any atom is -0.352 e. The molecule has 1 aliphatic heterocycles. The van der Waals surface area contributed by atoms with E-state index in [1.807, 2.05) is 11.8 Å². The summed E-state index contributed by atoms with van der Waals surface area (Å²) in [6, 6.07) is 0. The van der Waals surface area contributed by atoms with E-state index in [4.69, 9.17) is 0 Å². The molecule has 1 saturated heterocycles. The van der Waals surface area contributed by atoms with Crippen LogP contribution in [-0.4, -0.2) is 36.0 Å². The van der Waals surface area contributed by atoms with Crippen LogP contribution in [-0.2, 0) is 0 Å². The average molecular weight is 187 g/mol. The fourth-order valence-electron chi connectivity index (χ4n) is 0.893. The third-order valence-corrected chi connectivity index (χ3v) is 2.71. The monoisotopic (exact) mass is 187 g/mol. The van der Waals surface area contributed by atoms with Gasteiger partial charge in [0.2, 0.25) is 0 Å². The molecule has 1 fully saturated rings. The maximum Gasteiger partial charge on any atom is 0.182 e. The summed E-state index contributed by atoms with van der Waals surface area (Å²) in [5.74, 6) is 1.82. The summed E-state index contributed by atoms with van der Waals surface area (Å²) in [7, 11) is 2.08. The Balaban J connectivity index is 2.26. The van der Waals surface area contributed by atoms with Crippen molar-refractivity contribution in [3.63, 3.8) is 0 Å². The highest BCUT2D eigenvalue weighted by Crippen LogP contribution is 2.14. The van der Waals surface area contributed by atoms with Gasteiger partial charge in [-0.05, 0) is 5.92 Å². The standard InChI is InChI=1S/C8H17N3S/c1-7(2)6-9-10-8-11(3)4-5-12-8/h7,9H,4-6H2,1-3H3/b10-8-. The molecule has 0 bridgehead atoms. The first-order valence-electron chi connectivity index (χ1n) is 4.34. The molecule has 0 amide bonds. The highest BCUT2D eigenvalue weighted by atomic mass is 32.2. The number of thioether (sulfide) groups is 1. The first-order chi connectivity index (χ1) is 5.70. The van der Waals surface area contributed by atoms with E-state index in [0.717, 1.165) is 18.3 Å². The molecular weight excluding hydrogens is 170 g/mol. The van der Waals surface area contributed by atoms with Gasteiger partial charge in [-0.1, -0.05) is 25.6 Å². The minimum absolute atomic E-state index is 0.658. The largest absolute Gasteiger partial charge is 0.352 e. The number of amidine groups is 1. The molecule has 0 aromatic rings. The Labute approximate surface area is 78.6 Å². The molecule has 0 unspecified atom stereocenters. The first-order valence-corrected chi connectivity index (χ1v) is 5.33. The van der Waals surface area contributed by atoms with Crippen LogP contribution in [0.25, 0.3) is 0 Å². The molecule has 1 rings (SSSR count). The van der Waals surface area contributed by atoms with Gasteiger partial charge in [0.25, 0.3) is 0 Å². The second-order valence-electron chi connectivity index (χ2n) is 3.42. The van der Waals surface area contributed by atoms with Gasteiger partial charge in [-0.25, -0.2) is 0 Å². The summed E-state index contributed by atoms with van der Waals surface area (Å²) in [5.41, 5.74) is 3.08. The van der Waals surface area contributed by atoms with Crippen molar-refractivity contribution in [2.75, 3.05) is 25.9 Å². The number of hydrogen-bond donors (Lipinski definition) is 1. The number of hydrazone groups is 1. The molecule has 1 N–H and O–H groups in total. The summed E-state index contributed by atoms with van der Waals surface area (Å²) >= 11 is 1.82. The second kappa shape index (κ2) is 4.60. The van der Waals surface area contributed by atoms with E-state index in [-0.39, 0.29) is 0 Å². The molecule has 4 heteroatoms. The topological polar surface area (TPSA) is 27.6 Å². The van der Waals surface area contributed by atoms with Crippen LogP contribution in [0.4, 0.5) is 0 Å². The quantitative estimate of drug-likeness (QED) is 0.672. The van der Waals surface area contributed by atoms with E-state index in [9.17, 15) is 0 Å². The number of nitrogens with one attached hydrogen (secondary N) is 1. The van der Waals surface area contributed by atoms with Crippen molar-refractivity contribution in [1.82, 2.24) is 10.3 Å². The molecule has 3 nitrogen and oxygen atoms in total. The SMILES string of the molecule is CC(C)CN/N=C1\SCCN1C. The molecule has 0 saturated carbocycles. The predicted molar refractivity (Wildman–Crippen MR) is 55.4 cm³/mol. The Hall–Kier alpha value is -0.380. The van der Waals surface area contributed by atoms with Gasteiger partial charge >= 0.3 is 0 Å². The van der Waals surface area contributed by atoms with E-state index in [1.165, 1.54) is 5.75 Å². The van der Waals surface area contributed by atoms with Crippen LogP contribution in [0.5, 0.6) is 0 Å². The molecule has 70 valence electrons. The van der Waals surface area contributed by atoms with Gasteiger partial charge in [-0.2, -0.15) is 5.10 Å². The van der Waals surface area contributed by atoms with Gasteiger partial charge in [-0.15, -0.1) is 0 Å². The summed E-state index contributed by atoms with van der Waals surface area (Å²) < 4.78 is 0. The van der Waals surface area contributed by atoms with Crippen LogP contribution in [0.15, 0.2) is 5.10 Å². The highest BCUT2D eigenvalue weighted by Gasteiger charge is 2.14. The van der Waals surface area contributed by atoms with Gasteiger partial charge in [0, 0.05) is 25.9 Å². The fourth-order valence-corrected chi connectivity index (χ4v) is 1.88. The van der Waals surface area contributed by atoms with Crippen LogP contribution in [0.1, 0.15) is 13.8 Å². The van der Waals surface area contributed by atoms with Gasteiger partial charge in [0.1, 0.15) is 0 Å². The fraction of sp³-hybridized carbons (Fsp3) is 0.875. The molecule has 1 aliphatic rings. The van der Waals surface area contributed by atoms with Crippen molar-refractivity contribution in [3.8, 4) is 0 Å². The lowest BCUT2D eigenvalue weighted by Crippen LogP contribution is -2.22.